The lowest BCUT2D eigenvalue weighted by Gasteiger charge is -2.16. The first kappa shape index (κ1) is 13.7. The zero-order chi connectivity index (χ0) is 13.7. The number of oxime groups is 1. The normalized spacial score (nSPS) is 14.5. The lowest BCUT2D eigenvalue weighted by Crippen LogP contribution is -2.26. The molecule has 0 amide bonds. The molecule has 1 aromatic carbocycles. The number of ether oxygens (including phenoxy) is 1. The van der Waals surface area contributed by atoms with Gasteiger partial charge in [0.1, 0.15) is 11.6 Å². The van der Waals surface area contributed by atoms with Gasteiger partial charge in [-0.25, -0.2) is 0 Å². The summed E-state index contributed by atoms with van der Waals surface area (Å²) in [7, 11) is 2.04. The van der Waals surface area contributed by atoms with Crippen LogP contribution in [0, 0.1) is 0 Å². The van der Waals surface area contributed by atoms with E-state index in [0.29, 0.717) is 6.42 Å². The van der Waals surface area contributed by atoms with Gasteiger partial charge in [0.2, 0.25) is 0 Å². The first-order chi connectivity index (χ1) is 9.19. The maximum Gasteiger partial charge on any atom is 0.140 e. The molecule has 0 atom stereocenters. The Morgan fingerprint density at radius 3 is 3.11 bits per heavy atom. The van der Waals surface area contributed by atoms with Crippen molar-refractivity contribution in [3.05, 3.63) is 29.3 Å². The molecular weight excluding hydrogens is 242 g/mol. The quantitative estimate of drug-likeness (QED) is 0.350. The fraction of sp³-hybridized carbons (Fsp3) is 0.500. The first-order valence-corrected chi connectivity index (χ1v) is 6.58. The van der Waals surface area contributed by atoms with Gasteiger partial charge in [0.15, 0.2) is 0 Å². The van der Waals surface area contributed by atoms with Gasteiger partial charge >= 0.3 is 0 Å². The molecule has 1 heterocycles. The second kappa shape index (κ2) is 6.43. The highest BCUT2D eigenvalue weighted by molar-refractivity contribution is 5.79. The molecule has 0 aliphatic carbocycles. The predicted octanol–water partition coefficient (Wildman–Crippen LogP) is 1.23. The third-order valence-corrected chi connectivity index (χ3v) is 3.41. The zero-order valence-electron chi connectivity index (χ0n) is 11.3. The van der Waals surface area contributed by atoms with Crippen molar-refractivity contribution in [3.8, 4) is 5.75 Å². The number of nitrogens with zero attached hydrogens (tertiary/aromatic N) is 2. The van der Waals surface area contributed by atoms with Gasteiger partial charge in [-0.3, -0.25) is 0 Å². The summed E-state index contributed by atoms with van der Waals surface area (Å²) in [6, 6.07) is 6.43. The van der Waals surface area contributed by atoms with Crippen molar-refractivity contribution in [1.29, 1.82) is 0 Å². The minimum Gasteiger partial charge on any atom is -0.493 e. The molecule has 0 fully saturated rings. The Hall–Kier alpha value is -1.75. The van der Waals surface area contributed by atoms with Crippen LogP contribution in [0.25, 0.3) is 0 Å². The Morgan fingerprint density at radius 1 is 1.47 bits per heavy atom. The summed E-state index contributed by atoms with van der Waals surface area (Å²) in [6.07, 6.45) is 2.60. The highest BCUT2D eigenvalue weighted by Gasteiger charge is 2.12. The van der Waals surface area contributed by atoms with Gasteiger partial charge in [-0.1, -0.05) is 17.3 Å². The minimum atomic E-state index is 0.279. The van der Waals surface area contributed by atoms with Crippen LogP contribution in [-0.4, -0.2) is 42.7 Å². The SMILES string of the molecule is CN(CCC(N)=NO)CCc1ccc2c(c1)CCO2. The highest BCUT2D eigenvalue weighted by Crippen LogP contribution is 2.25. The number of rotatable bonds is 6. The number of hydrogen-bond donors (Lipinski definition) is 2. The van der Waals surface area contributed by atoms with Gasteiger partial charge < -0.3 is 20.6 Å². The molecule has 1 aliphatic rings. The number of nitrogens with two attached hydrogens (primary N) is 1. The van der Waals surface area contributed by atoms with Crippen LogP contribution in [0.4, 0.5) is 0 Å². The van der Waals surface area contributed by atoms with Crippen LogP contribution in [0.15, 0.2) is 23.4 Å². The van der Waals surface area contributed by atoms with Gasteiger partial charge in [-0.2, -0.15) is 0 Å². The molecule has 0 bridgehead atoms. The zero-order valence-corrected chi connectivity index (χ0v) is 11.3. The monoisotopic (exact) mass is 263 g/mol. The van der Waals surface area contributed by atoms with E-state index < -0.39 is 0 Å². The Balaban J connectivity index is 1.79. The van der Waals surface area contributed by atoms with E-state index in [0.717, 1.165) is 38.3 Å². The van der Waals surface area contributed by atoms with E-state index >= 15 is 0 Å². The van der Waals surface area contributed by atoms with E-state index in [9.17, 15) is 0 Å². The minimum absolute atomic E-state index is 0.279. The maximum absolute atomic E-state index is 8.48. The van der Waals surface area contributed by atoms with Gasteiger partial charge in [-0.15, -0.1) is 0 Å². The van der Waals surface area contributed by atoms with Gasteiger partial charge in [0, 0.05) is 25.9 Å². The fourth-order valence-corrected chi connectivity index (χ4v) is 2.18. The van der Waals surface area contributed by atoms with Crippen LogP contribution in [0.5, 0.6) is 5.75 Å². The molecule has 1 aromatic rings. The Labute approximate surface area is 113 Å². The van der Waals surface area contributed by atoms with Crippen molar-refractivity contribution < 1.29 is 9.94 Å². The lowest BCUT2D eigenvalue weighted by molar-refractivity contribution is 0.311. The molecule has 0 spiro atoms. The topological polar surface area (TPSA) is 71.1 Å². The van der Waals surface area contributed by atoms with E-state index in [-0.39, 0.29) is 5.84 Å². The maximum atomic E-state index is 8.48. The molecule has 0 unspecified atom stereocenters. The van der Waals surface area contributed by atoms with E-state index in [1.807, 2.05) is 7.05 Å². The summed E-state index contributed by atoms with van der Waals surface area (Å²) >= 11 is 0. The fourth-order valence-electron chi connectivity index (χ4n) is 2.18. The van der Waals surface area contributed by atoms with Crippen LogP contribution in [0.1, 0.15) is 17.5 Å². The largest absolute Gasteiger partial charge is 0.493 e. The smallest absolute Gasteiger partial charge is 0.140 e. The number of amidine groups is 1. The Bertz CT molecular complexity index is 460. The number of benzene rings is 1. The number of hydrogen-bond acceptors (Lipinski definition) is 4. The number of fused-ring (bicyclic) bond motifs is 1. The summed E-state index contributed by atoms with van der Waals surface area (Å²) in [5, 5.41) is 11.4. The van der Waals surface area contributed by atoms with Gasteiger partial charge in [-0.05, 0) is 30.7 Å². The third kappa shape index (κ3) is 3.86. The molecule has 0 radical (unpaired) electrons. The molecule has 5 heteroatoms. The highest BCUT2D eigenvalue weighted by atomic mass is 16.5. The summed E-state index contributed by atoms with van der Waals surface area (Å²) in [6.45, 7) is 2.56. The van der Waals surface area contributed by atoms with Crippen molar-refractivity contribution in [2.45, 2.75) is 19.3 Å². The molecule has 2 rings (SSSR count). The van der Waals surface area contributed by atoms with Crippen molar-refractivity contribution in [2.75, 3.05) is 26.7 Å². The summed E-state index contributed by atoms with van der Waals surface area (Å²) in [5.41, 5.74) is 8.10. The van der Waals surface area contributed by atoms with E-state index in [4.69, 9.17) is 15.7 Å². The summed E-state index contributed by atoms with van der Waals surface area (Å²) in [4.78, 5) is 2.18. The van der Waals surface area contributed by atoms with E-state index in [1.165, 1.54) is 11.1 Å². The third-order valence-electron chi connectivity index (χ3n) is 3.41. The molecule has 0 saturated carbocycles. The Morgan fingerprint density at radius 2 is 2.32 bits per heavy atom. The Kier molecular flexibility index (Phi) is 4.63. The van der Waals surface area contributed by atoms with Crippen molar-refractivity contribution in [2.24, 2.45) is 10.9 Å². The summed E-state index contributed by atoms with van der Waals surface area (Å²) in [5.74, 6) is 1.31. The average molecular weight is 263 g/mol. The van der Waals surface area contributed by atoms with Gasteiger partial charge in [0.25, 0.3) is 0 Å². The molecule has 0 aromatic heterocycles. The van der Waals surface area contributed by atoms with Crippen molar-refractivity contribution >= 4 is 5.84 Å². The van der Waals surface area contributed by atoms with Crippen LogP contribution < -0.4 is 10.5 Å². The summed E-state index contributed by atoms with van der Waals surface area (Å²) < 4.78 is 5.50. The predicted molar refractivity (Wildman–Crippen MR) is 74.9 cm³/mol. The lowest BCUT2D eigenvalue weighted by atomic mass is 10.1. The van der Waals surface area contributed by atoms with Crippen LogP contribution in [0.2, 0.25) is 0 Å². The molecule has 5 nitrogen and oxygen atoms in total. The van der Waals surface area contributed by atoms with Crippen LogP contribution in [-0.2, 0) is 12.8 Å². The van der Waals surface area contributed by atoms with E-state index in [1.54, 1.807) is 0 Å². The van der Waals surface area contributed by atoms with Crippen molar-refractivity contribution in [1.82, 2.24) is 4.90 Å². The second-order valence-corrected chi connectivity index (χ2v) is 4.94. The van der Waals surface area contributed by atoms with Crippen LogP contribution in [0.3, 0.4) is 0 Å². The van der Waals surface area contributed by atoms with Crippen LogP contribution >= 0.6 is 0 Å². The molecule has 3 N–H and O–H groups in total. The second-order valence-electron chi connectivity index (χ2n) is 4.94. The molecule has 104 valence electrons. The van der Waals surface area contributed by atoms with E-state index in [2.05, 4.69) is 28.3 Å². The molecule has 19 heavy (non-hydrogen) atoms. The van der Waals surface area contributed by atoms with Crippen molar-refractivity contribution in [3.63, 3.8) is 0 Å². The first-order valence-electron chi connectivity index (χ1n) is 6.58. The molecular formula is C14H21N3O2. The standard InChI is InChI=1S/C14H21N3O2/c1-17(8-5-14(15)16-18)7-4-11-2-3-13-12(10-11)6-9-19-13/h2-3,10,18H,4-9H2,1H3,(H2,15,16). The molecule has 1 aliphatic heterocycles. The van der Waals surface area contributed by atoms with Gasteiger partial charge in [0.05, 0.1) is 6.61 Å². The average Bonchev–Trinajstić information content (AvgIpc) is 2.89. The number of likely N-dealkylation sites (N-methyl/N-ethyl adjacent to an activating group) is 1. The molecule has 0 saturated heterocycles.